The van der Waals surface area contributed by atoms with Gasteiger partial charge < -0.3 is 10.6 Å². The molecule has 4 heteroatoms. The molecule has 4 nitrogen and oxygen atoms in total. The van der Waals surface area contributed by atoms with Crippen LogP contribution in [0, 0.1) is 5.92 Å². The smallest absolute Gasteiger partial charge is 0.113 e. The van der Waals surface area contributed by atoms with Crippen molar-refractivity contribution in [3.8, 4) is 0 Å². The Bertz CT molecular complexity index is 594. The van der Waals surface area contributed by atoms with Crippen molar-refractivity contribution in [2.75, 3.05) is 13.1 Å². The van der Waals surface area contributed by atoms with Crippen LogP contribution in [0.2, 0.25) is 0 Å². The Hall–Kier alpha value is -1.39. The van der Waals surface area contributed by atoms with E-state index in [1.807, 2.05) is 6.20 Å². The molecule has 21 heavy (non-hydrogen) atoms. The Balaban J connectivity index is 1.74. The van der Waals surface area contributed by atoms with E-state index in [0.29, 0.717) is 12.6 Å². The number of nitrogens with zero attached hydrogens (tertiary/aromatic N) is 3. The number of likely N-dealkylation sites (tertiary alicyclic amines) is 1. The molecule has 3 heterocycles. The molecule has 2 N–H and O–H groups in total. The molecule has 1 aliphatic rings. The standard InChI is InChI=1S/C17H26N4/c1-13(2)20-8-6-14(7-9-20)10-17-19-12-16-5-3-4-15(11-18)21(16)17/h3-5,12-14H,6-11,18H2,1-2H3. The molecule has 0 aliphatic carbocycles. The highest BCUT2D eigenvalue weighted by Crippen LogP contribution is 2.23. The van der Waals surface area contributed by atoms with Crippen LogP contribution < -0.4 is 5.73 Å². The minimum atomic E-state index is 0.562. The molecular formula is C17H26N4. The van der Waals surface area contributed by atoms with Gasteiger partial charge in [-0.15, -0.1) is 0 Å². The predicted molar refractivity (Wildman–Crippen MR) is 86.2 cm³/mol. The molecule has 0 spiro atoms. The number of hydrogen-bond donors (Lipinski definition) is 1. The van der Waals surface area contributed by atoms with Crippen molar-refractivity contribution in [1.29, 1.82) is 0 Å². The number of piperidine rings is 1. The number of aromatic nitrogens is 2. The van der Waals surface area contributed by atoms with Crippen molar-refractivity contribution < 1.29 is 0 Å². The van der Waals surface area contributed by atoms with Crippen LogP contribution in [0.15, 0.2) is 24.4 Å². The number of imidazole rings is 1. The second kappa shape index (κ2) is 6.16. The Labute approximate surface area is 127 Å². The van der Waals surface area contributed by atoms with E-state index in [-0.39, 0.29) is 0 Å². The Morgan fingerprint density at radius 2 is 2.05 bits per heavy atom. The zero-order valence-electron chi connectivity index (χ0n) is 13.1. The highest BCUT2D eigenvalue weighted by Gasteiger charge is 2.22. The van der Waals surface area contributed by atoms with E-state index >= 15 is 0 Å². The number of pyridine rings is 1. The van der Waals surface area contributed by atoms with Crippen molar-refractivity contribution in [2.24, 2.45) is 11.7 Å². The average molecular weight is 286 g/mol. The molecule has 1 saturated heterocycles. The first-order valence-electron chi connectivity index (χ1n) is 8.07. The molecule has 3 rings (SSSR count). The van der Waals surface area contributed by atoms with Gasteiger partial charge in [0, 0.05) is 24.7 Å². The van der Waals surface area contributed by atoms with Gasteiger partial charge in [0.05, 0.1) is 11.7 Å². The summed E-state index contributed by atoms with van der Waals surface area (Å²) in [5.41, 5.74) is 8.19. The fraction of sp³-hybridized carbons (Fsp3) is 0.588. The normalized spacial score (nSPS) is 17.9. The molecule has 114 valence electrons. The van der Waals surface area contributed by atoms with Crippen LogP contribution in [-0.4, -0.2) is 33.4 Å². The lowest BCUT2D eigenvalue weighted by Crippen LogP contribution is -2.39. The molecule has 2 aromatic heterocycles. The van der Waals surface area contributed by atoms with Crippen molar-refractivity contribution >= 4 is 5.52 Å². The molecule has 1 fully saturated rings. The van der Waals surface area contributed by atoms with Crippen LogP contribution in [-0.2, 0) is 13.0 Å². The Morgan fingerprint density at radius 1 is 1.29 bits per heavy atom. The summed E-state index contributed by atoms with van der Waals surface area (Å²) >= 11 is 0. The fourth-order valence-electron chi connectivity index (χ4n) is 3.42. The summed E-state index contributed by atoms with van der Waals surface area (Å²) in [4.78, 5) is 7.22. The molecule has 0 bridgehead atoms. The monoisotopic (exact) mass is 286 g/mol. The summed E-state index contributed by atoms with van der Waals surface area (Å²) in [6.45, 7) is 7.57. The minimum absolute atomic E-state index is 0.562. The summed E-state index contributed by atoms with van der Waals surface area (Å²) in [7, 11) is 0. The molecule has 0 atom stereocenters. The van der Waals surface area contributed by atoms with Crippen LogP contribution in [0.25, 0.3) is 5.52 Å². The van der Waals surface area contributed by atoms with Crippen molar-refractivity contribution in [1.82, 2.24) is 14.3 Å². The summed E-state index contributed by atoms with van der Waals surface area (Å²) in [5.74, 6) is 1.92. The van der Waals surface area contributed by atoms with E-state index in [1.165, 1.54) is 31.8 Å². The van der Waals surface area contributed by atoms with Gasteiger partial charge in [0.15, 0.2) is 0 Å². The first kappa shape index (κ1) is 14.5. The summed E-state index contributed by atoms with van der Waals surface area (Å²) in [6, 6.07) is 6.93. The van der Waals surface area contributed by atoms with Crippen molar-refractivity contribution in [3.63, 3.8) is 0 Å². The second-order valence-corrected chi connectivity index (χ2v) is 6.43. The zero-order chi connectivity index (χ0) is 14.8. The molecular weight excluding hydrogens is 260 g/mol. The quantitative estimate of drug-likeness (QED) is 0.939. The van der Waals surface area contributed by atoms with Gasteiger partial charge in [-0.1, -0.05) is 6.07 Å². The first-order valence-corrected chi connectivity index (χ1v) is 8.07. The summed E-state index contributed by atoms with van der Waals surface area (Å²) in [6.07, 6.45) is 5.59. The van der Waals surface area contributed by atoms with Gasteiger partial charge in [-0.05, 0) is 57.8 Å². The van der Waals surface area contributed by atoms with Gasteiger partial charge in [-0.2, -0.15) is 0 Å². The summed E-state index contributed by atoms with van der Waals surface area (Å²) < 4.78 is 2.24. The number of nitrogens with two attached hydrogens (primary N) is 1. The van der Waals surface area contributed by atoms with Crippen molar-refractivity contribution in [2.45, 2.75) is 45.7 Å². The molecule has 0 saturated carbocycles. The third kappa shape index (κ3) is 2.97. The highest BCUT2D eigenvalue weighted by atomic mass is 15.1. The maximum absolute atomic E-state index is 5.87. The van der Waals surface area contributed by atoms with Gasteiger partial charge in [-0.25, -0.2) is 4.98 Å². The van der Waals surface area contributed by atoms with Crippen LogP contribution in [0.4, 0.5) is 0 Å². The van der Waals surface area contributed by atoms with E-state index in [0.717, 1.165) is 23.5 Å². The topological polar surface area (TPSA) is 46.6 Å². The van der Waals surface area contributed by atoms with Gasteiger partial charge in [0.25, 0.3) is 0 Å². The van der Waals surface area contributed by atoms with Crippen LogP contribution >= 0.6 is 0 Å². The number of rotatable bonds is 4. The lowest BCUT2D eigenvalue weighted by molar-refractivity contribution is 0.148. The van der Waals surface area contributed by atoms with E-state index in [9.17, 15) is 0 Å². The lowest BCUT2D eigenvalue weighted by Gasteiger charge is -2.34. The van der Waals surface area contributed by atoms with Gasteiger partial charge >= 0.3 is 0 Å². The second-order valence-electron chi connectivity index (χ2n) is 6.43. The largest absolute Gasteiger partial charge is 0.325 e. The maximum Gasteiger partial charge on any atom is 0.113 e. The van der Waals surface area contributed by atoms with Gasteiger partial charge in [0.1, 0.15) is 5.82 Å². The van der Waals surface area contributed by atoms with E-state index in [4.69, 9.17) is 5.73 Å². The molecule has 2 aromatic rings. The fourth-order valence-corrected chi connectivity index (χ4v) is 3.42. The third-order valence-electron chi connectivity index (χ3n) is 4.76. The summed E-state index contributed by atoms with van der Waals surface area (Å²) in [5, 5.41) is 0. The zero-order valence-corrected chi connectivity index (χ0v) is 13.1. The molecule has 0 aromatic carbocycles. The van der Waals surface area contributed by atoms with Crippen LogP contribution in [0.5, 0.6) is 0 Å². The minimum Gasteiger partial charge on any atom is -0.325 e. The lowest BCUT2D eigenvalue weighted by atomic mass is 9.92. The Kier molecular flexibility index (Phi) is 4.27. The van der Waals surface area contributed by atoms with E-state index in [2.05, 4.69) is 46.3 Å². The van der Waals surface area contributed by atoms with Gasteiger partial charge in [0.2, 0.25) is 0 Å². The number of hydrogen-bond acceptors (Lipinski definition) is 3. The van der Waals surface area contributed by atoms with Crippen LogP contribution in [0.1, 0.15) is 38.2 Å². The van der Waals surface area contributed by atoms with E-state index < -0.39 is 0 Å². The van der Waals surface area contributed by atoms with Crippen molar-refractivity contribution in [3.05, 3.63) is 35.9 Å². The maximum atomic E-state index is 5.87. The average Bonchev–Trinajstić information content (AvgIpc) is 2.91. The number of fused-ring (bicyclic) bond motifs is 1. The van der Waals surface area contributed by atoms with Gasteiger partial charge in [-0.3, -0.25) is 4.40 Å². The predicted octanol–water partition coefficient (Wildman–Crippen LogP) is 2.46. The molecule has 0 amide bonds. The Morgan fingerprint density at radius 3 is 2.71 bits per heavy atom. The van der Waals surface area contributed by atoms with E-state index in [1.54, 1.807) is 0 Å². The SMILES string of the molecule is CC(C)N1CCC(Cc2ncc3cccc(CN)n23)CC1. The third-order valence-corrected chi connectivity index (χ3v) is 4.76. The first-order chi connectivity index (χ1) is 10.2. The highest BCUT2D eigenvalue weighted by molar-refractivity contribution is 5.47. The molecule has 1 aliphatic heterocycles. The molecule has 0 unspecified atom stereocenters. The molecule has 0 radical (unpaired) electrons. The van der Waals surface area contributed by atoms with Crippen LogP contribution in [0.3, 0.4) is 0 Å².